The zero-order valence-electron chi connectivity index (χ0n) is 13.0. The number of amides is 2. The van der Waals surface area contributed by atoms with Gasteiger partial charge in [0.2, 0.25) is 0 Å². The average Bonchev–Trinajstić information content (AvgIpc) is 3.14. The number of hydrogen-bond donors (Lipinski definition) is 2. The summed E-state index contributed by atoms with van der Waals surface area (Å²) < 4.78 is 0. The van der Waals surface area contributed by atoms with E-state index < -0.39 is 0 Å². The number of aryl methyl sites for hydroxylation is 1. The van der Waals surface area contributed by atoms with Crippen molar-refractivity contribution < 1.29 is 9.90 Å². The first-order valence-corrected chi connectivity index (χ1v) is 8.83. The number of nitrogens with zero attached hydrogens (tertiary/aromatic N) is 2. The Morgan fingerprint density at radius 1 is 1.50 bits per heavy atom. The predicted molar refractivity (Wildman–Crippen MR) is 91.6 cm³/mol. The van der Waals surface area contributed by atoms with Gasteiger partial charge < -0.3 is 15.3 Å². The second kappa shape index (κ2) is 7.71. The summed E-state index contributed by atoms with van der Waals surface area (Å²) in [6.45, 7) is 4.35. The van der Waals surface area contributed by atoms with E-state index in [0.717, 1.165) is 22.0 Å². The number of thiazole rings is 1. The summed E-state index contributed by atoms with van der Waals surface area (Å²) >= 11 is 3.36. The predicted octanol–water partition coefficient (Wildman–Crippen LogP) is 2.74. The van der Waals surface area contributed by atoms with Crippen LogP contribution in [-0.2, 0) is 6.42 Å². The lowest BCUT2D eigenvalue weighted by Gasteiger charge is -2.23. The molecule has 0 radical (unpaired) electrons. The number of aliphatic hydroxyl groups is 1. The number of hydrogen-bond acceptors (Lipinski definition) is 5. The smallest absolute Gasteiger partial charge is 0.317 e. The number of likely N-dealkylation sites (N-methyl/N-ethyl adjacent to an activating group) is 1. The van der Waals surface area contributed by atoms with Crippen molar-refractivity contribution in [1.82, 2.24) is 15.2 Å². The van der Waals surface area contributed by atoms with Gasteiger partial charge in [-0.2, -0.15) is 0 Å². The molecule has 2 amide bonds. The van der Waals surface area contributed by atoms with Crippen LogP contribution in [0, 0.1) is 6.92 Å². The Labute approximate surface area is 138 Å². The van der Waals surface area contributed by atoms with Crippen LogP contribution in [0.15, 0.2) is 17.5 Å². The summed E-state index contributed by atoms with van der Waals surface area (Å²) in [4.78, 5) is 20.2. The molecule has 2 aromatic rings. The molecular weight excluding hydrogens is 318 g/mol. The summed E-state index contributed by atoms with van der Waals surface area (Å²) in [5.74, 6) is 0. The first-order chi connectivity index (χ1) is 10.5. The van der Waals surface area contributed by atoms with Crippen molar-refractivity contribution in [2.75, 3.05) is 20.2 Å². The van der Waals surface area contributed by atoms with Gasteiger partial charge in [-0.1, -0.05) is 0 Å². The maximum Gasteiger partial charge on any atom is 0.317 e. The van der Waals surface area contributed by atoms with E-state index in [1.165, 1.54) is 9.78 Å². The largest absolute Gasteiger partial charge is 0.394 e. The molecule has 0 fully saturated rings. The fourth-order valence-electron chi connectivity index (χ4n) is 1.87. The third kappa shape index (κ3) is 4.28. The van der Waals surface area contributed by atoms with Crippen LogP contribution in [0.1, 0.15) is 16.8 Å². The summed E-state index contributed by atoms with van der Waals surface area (Å²) in [5.41, 5.74) is 1.03. The van der Waals surface area contributed by atoms with Gasteiger partial charge in [-0.3, -0.25) is 0 Å². The number of urea groups is 1. The molecule has 0 aliphatic rings. The number of carbonyl (C=O) groups is 1. The molecule has 0 saturated heterocycles. The minimum atomic E-state index is -0.179. The summed E-state index contributed by atoms with van der Waals surface area (Å²) in [5, 5.41) is 15.0. The number of aliphatic hydroxyl groups excluding tert-OH is 1. The Balaban J connectivity index is 1.83. The zero-order valence-corrected chi connectivity index (χ0v) is 14.6. The molecule has 2 heterocycles. The van der Waals surface area contributed by atoms with Gasteiger partial charge in [-0.15, -0.1) is 22.7 Å². The van der Waals surface area contributed by atoms with Gasteiger partial charge in [0.1, 0.15) is 0 Å². The third-order valence-electron chi connectivity index (χ3n) is 3.43. The van der Waals surface area contributed by atoms with Crippen molar-refractivity contribution in [2.45, 2.75) is 26.3 Å². The Hall–Kier alpha value is -1.44. The molecule has 7 heteroatoms. The van der Waals surface area contributed by atoms with Crippen molar-refractivity contribution in [3.8, 4) is 10.6 Å². The van der Waals surface area contributed by atoms with Gasteiger partial charge in [-0.25, -0.2) is 9.78 Å². The minimum Gasteiger partial charge on any atom is -0.394 e. The summed E-state index contributed by atoms with van der Waals surface area (Å²) in [6, 6.07) is 3.83. The van der Waals surface area contributed by atoms with E-state index in [2.05, 4.69) is 27.8 Å². The highest BCUT2D eigenvalue weighted by Gasteiger charge is 2.14. The molecule has 0 aromatic carbocycles. The van der Waals surface area contributed by atoms with Crippen molar-refractivity contribution >= 4 is 28.7 Å². The lowest BCUT2D eigenvalue weighted by atomic mass is 10.3. The maximum atomic E-state index is 11.9. The van der Waals surface area contributed by atoms with Gasteiger partial charge in [0.25, 0.3) is 0 Å². The van der Waals surface area contributed by atoms with Gasteiger partial charge in [-0.05, 0) is 32.4 Å². The number of rotatable bonds is 6. The van der Waals surface area contributed by atoms with E-state index in [4.69, 9.17) is 5.11 Å². The normalized spacial score (nSPS) is 12.2. The second-order valence-corrected chi connectivity index (χ2v) is 7.37. The van der Waals surface area contributed by atoms with Crippen LogP contribution in [0.5, 0.6) is 0 Å². The zero-order chi connectivity index (χ0) is 16.1. The SMILES string of the molecule is Cc1nc(-c2ccc(CCNC(=O)N(C)C(C)CO)s2)cs1. The molecule has 1 unspecified atom stereocenters. The number of thiophene rings is 1. The van der Waals surface area contributed by atoms with Crippen LogP contribution in [0.3, 0.4) is 0 Å². The molecule has 0 aliphatic carbocycles. The minimum absolute atomic E-state index is 0.0364. The van der Waals surface area contributed by atoms with Crippen molar-refractivity contribution in [1.29, 1.82) is 0 Å². The fraction of sp³-hybridized carbons (Fsp3) is 0.467. The standard InChI is InChI=1S/C15H21N3O2S2/c1-10(8-19)18(3)15(20)16-7-6-12-4-5-14(22-12)13-9-21-11(2)17-13/h4-5,9-10,19H,6-8H2,1-3H3,(H,16,20). The fourth-order valence-corrected chi connectivity index (χ4v) is 3.52. The number of aromatic nitrogens is 1. The van der Waals surface area contributed by atoms with E-state index in [0.29, 0.717) is 6.54 Å². The van der Waals surface area contributed by atoms with Gasteiger partial charge in [0.15, 0.2) is 0 Å². The molecule has 22 heavy (non-hydrogen) atoms. The van der Waals surface area contributed by atoms with Crippen LogP contribution in [-0.4, -0.2) is 47.3 Å². The van der Waals surface area contributed by atoms with E-state index in [9.17, 15) is 4.79 Å². The molecule has 0 spiro atoms. The van der Waals surface area contributed by atoms with Crippen molar-refractivity contribution in [2.24, 2.45) is 0 Å². The van der Waals surface area contributed by atoms with Crippen molar-refractivity contribution in [3.63, 3.8) is 0 Å². The Morgan fingerprint density at radius 3 is 2.91 bits per heavy atom. The molecule has 0 saturated carbocycles. The quantitative estimate of drug-likeness (QED) is 0.850. The molecule has 2 N–H and O–H groups in total. The molecule has 120 valence electrons. The van der Waals surface area contributed by atoms with Gasteiger partial charge in [0, 0.05) is 23.8 Å². The monoisotopic (exact) mass is 339 g/mol. The maximum absolute atomic E-state index is 11.9. The topological polar surface area (TPSA) is 65.5 Å². The van der Waals surface area contributed by atoms with Gasteiger partial charge in [0.05, 0.1) is 28.2 Å². The highest BCUT2D eigenvalue weighted by molar-refractivity contribution is 7.16. The summed E-state index contributed by atoms with van der Waals surface area (Å²) in [6.07, 6.45) is 0.793. The number of nitrogens with one attached hydrogen (secondary N) is 1. The van der Waals surface area contributed by atoms with E-state index in [1.807, 2.05) is 6.92 Å². The van der Waals surface area contributed by atoms with Gasteiger partial charge >= 0.3 is 6.03 Å². The molecule has 2 aromatic heterocycles. The number of carbonyl (C=O) groups excluding carboxylic acids is 1. The van der Waals surface area contributed by atoms with Crippen LogP contribution < -0.4 is 5.32 Å². The average molecular weight is 339 g/mol. The molecule has 5 nitrogen and oxygen atoms in total. The van der Waals surface area contributed by atoms with Crippen molar-refractivity contribution in [3.05, 3.63) is 27.4 Å². The molecule has 1 atom stereocenters. The highest BCUT2D eigenvalue weighted by atomic mass is 32.1. The summed E-state index contributed by atoms with van der Waals surface area (Å²) in [7, 11) is 1.68. The molecule has 0 bridgehead atoms. The Kier molecular flexibility index (Phi) is 5.93. The Bertz CT molecular complexity index is 624. The van der Waals surface area contributed by atoms with Crippen LogP contribution in [0.2, 0.25) is 0 Å². The molecular formula is C15H21N3O2S2. The molecule has 0 aliphatic heterocycles. The third-order valence-corrected chi connectivity index (χ3v) is 5.37. The highest BCUT2D eigenvalue weighted by Crippen LogP contribution is 2.29. The molecule has 2 rings (SSSR count). The Morgan fingerprint density at radius 2 is 2.27 bits per heavy atom. The first kappa shape index (κ1) is 16.9. The lowest BCUT2D eigenvalue weighted by molar-refractivity contribution is 0.157. The second-order valence-electron chi connectivity index (χ2n) is 5.14. The van der Waals surface area contributed by atoms with Crippen LogP contribution >= 0.6 is 22.7 Å². The first-order valence-electron chi connectivity index (χ1n) is 7.14. The van der Waals surface area contributed by atoms with E-state index >= 15 is 0 Å². The lowest BCUT2D eigenvalue weighted by Crippen LogP contribution is -2.44. The van der Waals surface area contributed by atoms with E-state index in [1.54, 1.807) is 36.6 Å². The van der Waals surface area contributed by atoms with Crippen LogP contribution in [0.25, 0.3) is 10.6 Å². The van der Waals surface area contributed by atoms with Crippen LogP contribution in [0.4, 0.5) is 4.79 Å². The van der Waals surface area contributed by atoms with E-state index in [-0.39, 0.29) is 18.7 Å².